The van der Waals surface area contributed by atoms with Gasteiger partial charge in [0, 0.05) is 20.0 Å². The van der Waals surface area contributed by atoms with Gasteiger partial charge < -0.3 is 9.47 Å². The van der Waals surface area contributed by atoms with E-state index in [1.807, 2.05) is 6.92 Å². The molecule has 0 aliphatic rings. The molecule has 0 radical (unpaired) electrons. The van der Waals surface area contributed by atoms with Crippen LogP contribution in [0.5, 0.6) is 0 Å². The van der Waals surface area contributed by atoms with Gasteiger partial charge in [-0.3, -0.25) is 4.79 Å². The SMILES string of the molecule is CCC(=O)CCC(C)CCC(C)(C)OCCC(C)(C)OC. The predicted octanol–water partition coefficient (Wildman–Crippen LogP) is 4.77. The Morgan fingerprint density at radius 1 is 1.05 bits per heavy atom. The highest BCUT2D eigenvalue weighted by atomic mass is 16.5. The monoisotopic (exact) mass is 300 g/mol. The summed E-state index contributed by atoms with van der Waals surface area (Å²) in [5.74, 6) is 0.956. The minimum Gasteiger partial charge on any atom is -0.379 e. The van der Waals surface area contributed by atoms with Gasteiger partial charge in [0.15, 0.2) is 0 Å². The maximum atomic E-state index is 11.3. The molecule has 0 spiro atoms. The van der Waals surface area contributed by atoms with Crippen LogP contribution in [-0.4, -0.2) is 30.7 Å². The Kier molecular flexibility index (Phi) is 9.39. The van der Waals surface area contributed by atoms with Crippen LogP contribution in [0.25, 0.3) is 0 Å². The second kappa shape index (κ2) is 9.58. The fourth-order valence-electron chi connectivity index (χ4n) is 2.07. The summed E-state index contributed by atoms with van der Waals surface area (Å²) in [6.07, 6.45) is 5.42. The molecule has 0 fully saturated rings. The molecule has 0 aromatic heterocycles. The van der Waals surface area contributed by atoms with Crippen molar-refractivity contribution in [1.29, 1.82) is 0 Å². The van der Waals surface area contributed by atoms with Crippen molar-refractivity contribution in [1.82, 2.24) is 0 Å². The molecule has 0 aliphatic carbocycles. The van der Waals surface area contributed by atoms with Crippen LogP contribution in [0, 0.1) is 5.92 Å². The van der Waals surface area contributed by atoms with Crippen LogP contribution in [-0.2, 0) is 14.3 Å². The first kappa shape index (κ1) is 20.6. The molecular weight excluding hydrogens is 264 g/mol. The van der Waals surface area contributed by atoms with E-state index < -0.39 is 0 Å². The zero-order chi connectivity index (χ0) is 16.5. The number of methoxy groups -OCH3 is 1. The predicted molar refractivity (Wildman–Crippen MR) is 88.7 cm³/mol. The smallest absolute Gasteiger partial charge is 0.132 e. The number of carbonyl (C=O) groups excluding carboxylic acids is 1. The highest BCUT2D eigenvalue weighted by molar-refractivity contribution is 5.77. The van der Waals surface area contributed by atoms with E-state index in [-0.39, 0.29) is 11.2 Å². The van der Waals surface area contributed by atoms with Crippen LogP contribution in [0.15, 0.2) is 0 Å². The maximum Gasteiger partial charge on any atom is 0.132 e. The molecule has 126 valence electrons. The van der Waals surface area contributed by atoms with E-state index in [0.717, 1.165) is 38.7 Å². The Morgan fingerprint density at radius 2 is 1.67 bits per heavy atom. The van der Waals surface area contributed by atoms with Crippen LogP contribution >= 0.6 is 0 Å². The maximum absolute atomic E-state index is 11.3. The van der Waals surface area contributed by atoms with Gasteiger partial charge in [-0.05, 0) is 59.3 Å². The summed E-state index contributed by atoms with van der Waals surface area (Å²) in [7, 11) is 1.74. The third kappa shape index (κ3) is 10.9. The molecule has 0 aromatic carbocycles. The van der Waals surface area contributed by atoms with Gasteiger partial charge in [-0.2, -0.15) is 0 Å². The van der Waals surface area contributed by atoms with Crippen LogP contribution in [0.3, 0.4) is 0 Å². The number of carbonyl (C=O) groups is 1. The number of hydrogen-bond acceptors (Lipinski definition) is 3. The molecule has 0 rings (SSSR count). The second-order valence-electron chi connectivity index (χ2n) is 7.40. The van der Waals surface area contributed by atoms with E-state index in [9.17, 15) is 4.79 Å². The molecule has 0 N–H and O–H groups in total. The van der Waals surface area contributed by atoms with Crippen molar-refractivity contribution >= 4 is 5.78 Å². The summed E-state index contributed by atoms with van der Waals surface area (Å²) in [5.41, 5.74) is -0.225. The van der Waals surface area contributed by atoms with Crippen molar-refractivity contribution in [2.45, 2.75) is 91.3 Å². The van der Waals surface area contributed by atoms with Crippen molar-refractivity contribution in [2.24, 2.45) is 5.92 Å². The molecule has 0 heterocycles. The Bertz CT molecular complexity index is 295. The van der Waals surface area contributed by atoms with E-state index in [1.165, 1.54) is 0 Å². The quantitative estimate of drug-likeness (QED) is 0.520. The Morgan fingerprint density at radius 3 is 2.19 bits per heavy atom. The zero-order valence-electron chi connectivity index (χ0n) is 15.3. The lowest BCUT2D eigenvalue weighted by Gasteiger charge is -2.29. The van der Waals surface area contributed by atoms with Gasteiger partial charge in [0.05, 0.1) is 17.8 Å². The standard InChI is InChI=1S/C18H36O3/c1-8-16(19)10-9-15(2)11-12-18(5,6)21-14-13-17(3,4)20-7/h15H,8-14H2,1-7H3. The van der Waals surface area contributed by atoms with Gasteiger partial charge in [-0.1, -0.05) is 13.8 Å². The average Bonchev–Trinajstić information content (AvgIpc) is 2.42. The Balaban J connectivity index is 3.93. The van der Waals surface area contributed by atoms with Gasteiger partial charge in [0.2, 0.25) is 0 Å². The fraction of sp³-hybridized carbons (Fsp3) is 0.944. The number of ketones is 1. The molecule has 0 saturated carbocycles. The topological polar surface area (TPSA) is 35.5 Å². The highest BCUT2D eigenvalue weighted by Crippen LogP contribution is 2.24. The van der Waals surface area contributed by atoms with Gasteiger partial charge >= 0.3 is 0 Å². The molecule has 3 nitrogen and oxygen atoms in total. The van der Waals surface area contributed by atoms with E-state index in [4.69, 9.17) is 9.47 Å². The van der Waals surface area contributed by atoms with Crippen molar-refractivity contribution < 1.29 is 14.3 Å². The van der Waals surface area contributed by atoms with Gasteiger partial charge in [0.25, 0.3) is 0 Å². The second-order valence-corrected chi connectivity index (χ2v) is 7.40. The molecule has 1 atom stereocenters. The molecule has 1 unspecified atom stereocenters. The number of rotatable bonds is 12. The molecule has 3 heteroatoms. The number of ether oxygens (including phenoxy) is 2. The lowest BCUT2D eigenvalue weighted by atomic mass is 9.92. The van der Waals surface area contributed by atoms with Crippen molar-refractivity contribution in [2.75, 3.05) is 13.7 Å². The molecule has 0 amide bonds. The molecule has 0 bridgehead atoms. The largest absolute Gasteiger partial charge is 0.379 e. The minimum absolute atomic E-state index is 0.104. The first-order valence-electron chi connectivity index (χ1n) is 8.32. The Labute approximate surface area is 131 Å². The molecular formula is C18H36O3. The lowest BCUT2D eigenvalue weighted by Crippen LogP contribution is -2.30. The Hall–Kier alpha value is -0.410. The first-order chi connectivity index (χ1) is 9.62. The van der Waals surface area contributed by atoms with Crippen molar-refractivity contribution in [3.8, 4) is 0 Å². The van der Waals surface area contributed by atoms with E-state index >= 15 is 0 Å². The third-order valence-corrected chi connectivity index (χ3v) is 4.30. The van der Waals surface area contributed by atoms with Crippen LogP contribution in [0.4, 0.5) is 0 Å². The van der Waals surface area contributed by atoms with E-state index in [0.29, 0.717) is 18.1 Å². The summed E-state index contributed by atoms with van der Waals surface area (Å²) >= 11 is 0. The third-order valence-electron chi connectivity index (χ3n) is 4.30. The normalized spacial score (nSPS) is 14.2. The zero-order valence-corrected chi connectivity index (χ0v) is 15.3. The van der Waals surface area contributed by atoms with Crippen LogP contribution < -0.4 is 0 Å². The number of Topliss-reactive ketones (excluding diaryl/α,β-unsaturated/α-hetero) is 1. The van der Waals surface area contributed by atoms with Crippen LogP contribution in [0.1, 0.15) is 80.1 Å². The molecule has 0 aromatic rings. The summed E-state index contributed by atoms with van der Waals surface area (Å²) in [6.45, 7) is 13.3. The van der Waals surface area contributed by atoms with E-state index in [2.05, 4.69) is 34.6 Å². The number of hydrogen-bond donors (Lipinski definition) is 0. The van der Waals surface area contributed by atoms with Gasteiger partial charge in [-0.25, -0.2) is 0 Å². The van der Waals surface area contributed by atoms with Gasteiger partial charge in [0.1, 0.15) is 5.78 Å². The van der Waals surface area contributed by atoms with Crippen molar-refractivity contribution in [3.63, 3.8) is 0 Å². The molecule has 0 aliphatic heterocycles. The molecule has 0 saturated heterocycles. The summed E-state index contributed by atoms with van der Waals surface area (Å²) in [4.78, 5) is 11.3. The summed E-state index contributed by atoms with van der Waals surface area (Å²) in [5, 5.41) is 0. The average molecular weight is 300 g/mol. The summed E-state index contributed by atoms with van der Waals surface area (Å²) < 4.78 is 11.4. The lowest BCUT2D eigenvalue weighted by molar-refractivity contribution is -0.119. The van der Waals surface area contributed by atoms with E-state index in [1.54, 1.807) is 7.11 Å². The highest BCUT2D eigenvalue weighted by Gasteiger charge is 2.22. The van der Waals surface area contributed by atoms with Gasteiger partial charge in [-0.15, -0.1) is 0 Å². The fourth-order valence-corrected chi connectivity index (χ4v) is 2.07. The summed E-state index contributed by atoms with van der Waals surface area (Å²) in [6, 6.07) is 0. The minimum atomic E-state index is -0.121. The first-order valence-corrected chi connectivity index (χ1v) is 8.32. The van der Waals surface area contributed by atoms with Crippen molar-refractivity contribution in [3.05, 3.63) is 0 Å². The van der Waals surface area contributed by atoms with Crippen LogP contribution in [0.2, 0.25) is 0 Å². The molecule has 21 heavy (non-hydrogen) atoms.